The van der Waals surface area contributed by atoms with Gasteiger partial charge in [0.2, 0.25) is 0 Å². The summed E-state index contributed by atoms with van der Waals surface area (Å²) in [7, 11) is 0. The first-order chi connectivity index (χ1) is 10.0. The van der Waals surface area contributed by atoms with Crippen molar-refractivity contribution in [2.24, 2.45) is 0 Å². The van der Waals surface area contributed by atoms with E-state index in [0.29, 0.717) is 38.5 Å². The van der Waals surface area contributed by atoms with Crippen LogP contribution in [0.15, 0.2) is 30.3 Å². The Morgan fingerprint density at radius 3 is 2.48 bits per heavy atom. The lowest BCUT2D eigenvalue weighted by Crippen LogP contribution is -1.85. The average molecular weight is 343 g/mol. The van der Waals surface area contributed by atoms with Crippen molar-refractivity contribution in [1.82, 2.24) is 4.98 Å². The third-order valence-corrected chi connectivity index (χ3v) is 4.15. The van der Waals surface area contributed by atoms with E-state index in [1.54, 1.807) is 24.3 Å². The molecule has 0 saturated heterocycles. The summed E-state index contributed by atoms with van der Waals surface area (Å²) in [5.41, 5.74) is 1.66. The predicted molar refractivity (Wildman–Crippen MR) is 84.1 cm³/mol. The second-order valence-electron chi connectivity index (χ2n) is 4.47. The van der Waals surface area contributed by atoms with Crippen molar-refractivity contribution in [3.63, 3.8) is 0 Å². The van der Waals surface area contributed by atoms with Crippen LogP contribution in [-0.4, -0.2) is 11.3 Å². The molecule has 0 amide bonds. The third kappa shape index (κ3) is 2.42. The fourth-order valence-electron chi connectivity index (χ4n) is 2.24. The lowest BCUT2D eigenvalue weighted by molar-refractivity contribution is 0.112. The van der Waals surface area contributed by atoms with Gasteiger partial charge in [-0.05, 0) is 24.3 Å². The zero-order valence-electron chi connectivity index (χ0n) is 10.4. The molecular formula is C15H7Cl3FNO. The first kappa shape index (κ1) is 14.4. The molecule has 0 spiro atoms. The van der Waals surface area contributed by atoms with Gasteiger partial charge >= 0.3 is 0 Å². The second kappa shape index (κ2) is 5.34. The molecule has 0 unspecified atom stereocenters. The number of H-pyrrole nitrogens is 1. The monoisotopic (exact) mass is 341 g/mol. The van der Waals surface area contributed by atoms with Gasteiger partial charge in [0.25, 0.3) is 0 Å². The Bertz CT molecular complexity index is 873. The van der Waals surface area contributed by atoms with E-state index in [1.807, 2.05) is 0 Å². The number of fused-ring (bicyclic) bond motifs is 1. The maximum absolute atomic E-state index is 14.0. The van der Waals surface area contributed by atoms with Gasteiger partial charge in [-0.2, -0.15) is 0 Å². The number of hydrogen-bond donors (Lipinski definition) is 1. The number of aromatic nitrogens is 1. The molecule has 6 heteroatoms. The zero-order valence-corrected chi connectivity index (χ0v) is 12.7. The van der Waals surface area contributed by atoms with Crippen LogP contribution in [0.4, 0.5) is 4.39 Å². The molecule has 21 heavy (non-hydrogen) atoms. The maximum Gasteiger partial charge on any atom is 0.152 e. The van der Waals surface area contributed by atoms with Crippen molar-refractivity contribution in [3.05, 3.63) is 56.8 Å². The van der Waals surface area contributed by atoms with Gasteiger partial charge in [0.05, 0.1) is 21.3 Å². The van der Waals surface area contributed by atoms with Crippen LogP contribution in [-0.2, 0) is 0 Å². The molecule has 106 valence electrons. The summed E-state index contributed by atoms with van der Waals surface area (Å²) in [6.07, 6.45) is 0.659. The molecular weight excluding hydrogens is 336 g/mol. The van der Waals surface area contributed by atoms with Crippen LogP contribution in [0.3, 0.4) is 0 Å². The highest BCUT2D eigenvalue weighted by molar-refractivity contribution is 6.42. The minimum absolute atomic E-state index is 0.225. The fraction of sp³-hybridized carbons (Fsp3) is 0. The van der Waals surface area contributed by atoms with Crippen molar-refractivity contribution >= 4 is 52.0 Å². The van der Waals surface area contributed by atoms with Crippen molar-refractivity contribution in [3.8, 4) is 11.3 Å². The Hall–Kier alpha value is -1.55. The summed E-state index contributed by atoms with van der Waals surface area (Å²) in [4.78, 5) is 14.3. The van der Waals surface area contributed by atoms with Crippen molar-refractivity contribution in [2.45, 2.75) is 0 Å². The van der Waals surface area contributed by atoms with E-state index < -0.39 is 5.82 Å². The molecule has 0 aliphatic carbocycles. The highest BCUT2D eigenvalue weighted by Gasteiger charge is 2.16. The van der Waals surface area contributed by atoms with Crippen LogP contribution in [0.1, 0.15) is 10.4 Å². The number of aldehydes is 1. The van der Waals surface area contributed by atoms with Gasteiger partial charge in [-0.15, -0.1) is 0 Å². The number of carbonyl (C=O) groups excluding carboxylic acids is 1. The topological polar surface area (TPSA) is 32.9 Å². The van der Waals surface area contributed by atoms with E-state index in [0.717, 1.165) is 0 Å². The largest absolute Gasteiger partial charge is 0.352 e. The number of aromatic amines is 1. The predicted octanol–water partition coefficient (Wildman–Crippen LogP) is 5.75. The Kier molecular flexibility index (Phi) is 3.66. The number of rotatable bonds is 2. The molecule has 0 bridgehead atoms. The standard InChI is InChI=1S/C15H7Cl3FNO/c16-8-4-9-10(6-21)14(20-15(9)13(19)5-8)7-1-2-11(17)12(18)3-7/h1-6,20H. The molecule has 3 aromatic rings. The molecule has 1 heterocycles. The van der Waals surface area contributed by atoms with Crippen LogP contribution in [0.2, 0.25) is 15.1 Å². The third-order valence-electron chi connectivity index (χ3n) is 3.19. The first-order valence-corrected chi connectivity index (χ1v) is 7.06. The minimum atomic E-state index is -0.521. The molecule has 0 aliphatic rings. The zero-order chi connectivity index (χ0) is 15.1. The molecule has 1 aromatic heterocycles. The van der Waals surface area contributed by atoms with Gasteiger partial charge in [0, 0.05) is 21.5 Å². The maximum atomic E-state index is 14.0. The number of hydrogen-bond acceptors (Lipinski definition) is 1. The van der Waals surface area contributed by atoms with Crippen molar-refractivity contribution in [2.75, 3.05) is 0 Å². The average Bonchev–Trinajstić information content (AvgIpc) is 2.80. The van der Waals surface area contributed by atoms with Crippen molar-refractivity contribution < 1.29 is 9.18 Å². The molecule has 3 rings (SSSR count). The van der Waals surface area contributed by atoms with Crippen LogP contribution in [0.25, 0.3) is 22.2 Å². The van der Waals surface area contributed by atoms with Gasteiger partial charge in [-0.1, -0.05) is 40.9 Å². The molecule has 0 fully saturated rings. The van der Waals surface area contributed by atoms with E-state index in [9.17, 15) is 9.18 Å². The van der Waals surface area contributed by atoms with Crippen LogP contribution in [0.5, 0.6) is 0 Å². The van der Waals surface area contributed by atoms with Gasteiger partial charge in [0.1, 0.15) is 5.82 Å². The lowest BCUT2D eigenvalue weighted by Gasteiger charge is -2.02. The highest BCUT2D eigenvalue weighted by Crippen LogP contribution is 2.34. The Morgan fingerprint density at radius 1 is 1.05 bits per heavy atom. The molecule has 0 atom stereocenters. The van der Waals surface area contributed by atoms with Crippen LogP contribution >= 0.6 is 34.8 Å². The van der Waals surface area contributed by atoms with Gasteiger partial charge in [-0.25, -0.2) is 4.39 Å². The molecule has 2 aromatic carbocycles. The van der Waals surface area contributed by atoms with E-state index in [-0.39, 0.29) is 10.5 Å². The SMILES string of the molecule is O=Cc1c(-c2ccc(Cl)c(Cl)c2)[nH]c2c(F)cc(Cl)cc12. The van der Waals surface area contributed by atoms with Crippen LogP contribution in [0, 0.1) is 5.82 Å². The summed E-state index contributed by atoms with van der Waals surface area (Å²) in [5.74, 6) is -0.521. The Labute approximate surface area is 134 Å². The first-order valence-electron chi connectivity index (χ1n) is 5.92. The fourth-order valence-corrected chi connectivity index (χ4v) is 2.74. The molecule has 0 aliphatic heterocycles. The quantitative estimate of drug-likeness (QED) is 0.591. The smallest absolute Gasteiger partial charge is 0.152 e. The van der Waals surface area contributed by atoms with E-state index in [1.165, 1.54) is 6.07 Å². The molecule has 1 N–H and O–H groups in total. The molecule has 2 nitrogen and oxygen atoms in total. The summed E-state index contributed by atoms with van der Waals surface area (Å²) in [6, 6.07) is 7.66. The summed E-state index contributed by atoms with van der Waals surface area (Å²) in [6.45, 7) is 0. The highest BCUT2D eigenvalue weighted by atomic mass is 35.5. The van der Waals surface area contributed by atoms with E-state index in [4.69, 9.17) is 34.8 Å². The van der Waals surface area contributed by atoms with Gasteiger partial charge in [0.15, 0.2) is 6.29 Å². The molecule has 0 saturated carbocycles. The summed E-state index contributed by atoms with van der Waals surface area (Å²) in [5, 5.41) is 1.40. The summed E-state index contributed by atoms with van der Waals surface area (Å²) >= 11 is 17.7. The number of benzene rings is 2. The Morgan fingerprint density at radius 2 is 1.81 bits per heavy atom. The van der Waals surface area contributed by atoms with Crippen molar-refractivity contribution in [1.29, 1.82) is 0 Å². The second-order valence-corrected chi connectivity index (χ2v) is 5.72. The minimum Gasteiger partial charge on any atom is -0.352 e. The van der Waals surface area contributed by atoms with Gasteiger partial charge < -0.3 is 4.98 Å². The summed E-state index contributed by atoms with van der Waals surface area (Å²) < 4.78 is 14.0. The lowest BCUT2D eigenvalue weighted by atomic mass is 10.1. The number of carbonyl (C=O) groups is 1. The van der Waals surface area contributed by atoms with E-state index in [2.05, 4.69) is 4.98 Å². The van der Waals surface area contributed by atoms with Crippen LogP contribution < -0.4 is 0 Å². The normalized spacial score (nSPS) is 11.0. The number of halogens is 4. The van der Waals surface area contributed by atoms with Gasteiger partial charge in [-0.3, -0.25) is 4.79 Å². The molecule has 0 radical (unpaired) electrons. The number of nitrogens with one attached hydrogen (secondary N) is 1. The van der Waals surface area contributed by atoms with E-state index >= 15 is 0 Å². The Balaban J connectivity index is 2.34.